The van der Waals surface area contributed by atoms with Gasteiger partial charge in [-0.05, 0) is 48.2 Å². The topological polar surface area (TPSA) is 116 Å². The van der Waals surface area contributed by atoms with E-state index in [4.69, 9.17) is 11.6 Å². The molecular weight excluding hydrogens is 488 g/mol. The maximum atomic E-state index is 13.0. The molecule has 9 nitrogen and oxygen atoms in total. The number of nitrogens with zero attached hydrogens (tertiary/aromatic N) is 3. The van der Waals surface area contributed by atoms with Crippen molar-refractivity contribution >= 4 is 50.6 Å². The molecule has 0 unspecified atom stereocenters. The molecule has 1 aromatic heterocycles. The van der Waals surface area contributed by atoms with E-state index in [1.165, 1.54) is 5.56 Å². The normalized spacial score (nSPS) is 18.5. The zero-order valence-corrected chi connectivity index (χ0v) is 20.3. The molecule has 6 rings (SSSR count). The Balaban J connectivity index is 1.32. The van der Waals surface area contributed by atoms with Crippen LogP contribution in [0.3, 0.4) is 0 Å². The van der Waals surface area contributed by atoms with Crippen LogP contribution in [0.1, 0.15) is 29.2 Å². The molecule has 35 heavy (non-hydrogen) atoms. The number of rotatable bonds is 4. The highest BCUT2D eigenvalue weighted by atomic mass is 35.5. The number of anilines is 4. The van der Waals surface area contributed by atoms with E-state index in [-0.39, 0.29) is 22.5 Å². The van der Waals surface area contributed by atoms with Crippen molar-refractivity contribution in [3.05, 3.63) is 64.3 Å². The summed E-state index contributed by atoms with van der Waals surface area (Å²) in [7, 11) is -3.51. The lowest BCUT2D eigenvalue weighted by Crippen LogP contribution is -2.46. The molecule has 3 N–H and O–H groups in total. The first kappa shape index (κ1) is 22.1. The molecular formula is C24H23ClN6O3S. The first-order valence-electron chi connectivity index (χ1n) is 11.4. The van der Waals surface area contributed by atoms with E-state index in [1.54, 1.807) is 6.07 Å². The molecule has 2 aromatic carbocycles. The molecule has 3 aromatic rings. The molecule has 0 saturated carbocycles. The maximum absolute atomic E-state index is 13.0. The maximum Gasteiger partial charge on any atom is 0.319 e. The minimum absolute atomic E-state index is 0.0751. The van der Waals surface area contributed by atoms with Gasteiger partial charge in [-0.1, -0.05) is 29.8 Å². The second-order valence-electron chi connectivity index (χ2n) is 9.03. The second kappa shape index (κ2) is 8.39. The number of halogens is 1. The average Bonchev–Trinajstić information content (AvgIpc) is 2.78. The Hall–Kier alpha value is -3.37. The van der Waals surface area contributed by atoms with Gasteiger partial charge in [-0.15, -0.1) is 0 Å². The van der Waals surface area contributed by atoms with E-state index in [1.807, 2.05) is 36.4 Å². The Bertz CT molecular complexity index is 1440. The second-order valence-corrected chi connectivity index (χ2v) is 11.5. The number of urea groups is 1. The molecule has 0 bridgehead atoms. The summed E-state index contributed by atoms with van der Waals surface area (Å²) >= 11 is 6.01. The first-order valence-corrected chi connectivity index (χ1v) is 13.5. The van der Waals surface area contributed by atoms with Crippen LogP contribution in [-0.2, 0) is 22.8 Å². The number of benzene rings is 2. The summed E-state index contributed by atoms with van der Waals surface area (Å²) in [4.78, 5) is 23.3. The number of carbonyl (C=O) groups excluding carboxylic acids is 1. The summed E-state index contributed by atoms with van der Waals surface area (Å²) in [5.41, 5.74) is 4.02. The minimum atomic E-state index is -3.51. The van der Waals surface area contributed by atoms with Crippen molar-refractivity contribution in [3.63, 3.8) is 0 Å². The third-order valence-corrected chi connectivity index (χ3v) is 8.76. The highest BCUT2D eigenvalue weighted by Gasteiger charge is 2.34. The van der Waals surface area contributed by atoms with E-state index in [0.29, 0.717) is 53.3 Å². The van der Waals surface area contributed by atoms with Gasteiger partial charge in [0.25, 0.3) is 0 Å². The fourth-order valence-corrected chi connectivity index (χ4v) is 6.48. The van der Waals surface area contributed by atoms with Gasteiger partial charge in [-0.3, -0.25) is 0 Å². The Morgan fingerprint density at radius 3 is 2.69 bits per heavy atom. The van der Waals surface area contributed by atoms with E-state index in [0.717, 1.165) is 18.7 Å². The molecule has 0 spiro atoms. The molecule has 0 aliphatic carbocycles. The zero-order valence-electron chi connectivity index (χ0n) is 18.7. The Morgan fingerprint density at radius 1 is 1.09 bits per heavy atom. The summed E-state index contributed by atoms with van der Waals surface area (Å²) < 4.78 is 26.0. The van der Waals surface area contributed by atoms with Crippen molar-refractivity contribution in [3.8, 4) is 0 Å². The largest absolute Gasteiger partial charge is 0.339 e. The highest BCUT2D eigenvalue weighted by molar-refractivity contribution is 7.91. The van der Waals surface area contributed by atoms with Crippen LogP contribution in [0.15, 0.2) is 47.4 Å². The summed E-state index contributed by atoms with van der Waals surface area (Å²) in [6.07, 6.45) is 1.12. The molecule has 1 saturated heterocycles. The van der Waals surface area contributed by atoms with Crippen molar-refractivity contribution in [1.29, 1.82) is 0 Å². The number of sulfone groups is 1. The summed E-state index contributed by atoms with van der Waals surface area (Å²) in [5.74, 6) is 1.21. The van der Waals surface area contributed by atoms with Crippen LogP contribution in [0.2, 0.25) is 5.02 Å². The third kappa shape index (κ3) is 4.17. The number of amides is 2. The van der Waals surface area contributed by atoms with E-state index < -0.39 is 9.84 Å². The summed E-state index contributed by atoms with van der Waals surface area (Å²) in [5, 5.41) is 9.41. The van der Waals surface area contributed by atoms with Gasteiger partial charge in [0.05, 0.1) is 11.4 Å². The van der Waals surface area contributed by atoms with Gasteiger partial charge in [0, 0.05) is 41.9 Å². The van der Waals surface area contributed by atoms with Crippen LogP contribution in [0.5, 0.6) is 0 Å². The van der Waals surface area contributed by atoms with Gasteiger partial charge in [-0.2, -0.15) is 4.98 Å². The number of fused-ring (bicyclic) bond motifs is 2. The fraction of sp³-hybridized carbons (Fsp3) is 0.292. The molecule has 180 valence electrons. The van der Waals surface area contributed by atoms with Crippen molar-refractivity contribution < 1.29 is 13.2 Å². The molecule has 0 atom stereocenters. The molecule has 2 amide bonds. The van der Waals surface area contributed by atoms with Gasteiger partial charge in [0.2, 0.25) is 5.95 Å². The molecule has 3 aliphatic rings. The lowest BCUT2D eigenvalue weighted by Gasteiger charge is -2.40. The molecule has 11 heteroatoms. The fourth-order valence-electron chi connectivity index (χ4n) is 4.73. The van der Waals surface area contributed by atoms with Gasteiger partial charge in [-0.25, -0.2) is 18.2 Å². The lowest BCUT2D eigenvalue weighted by atomic mass is 9.92. The number of aromatic nitrogens is 2. The number of hydrogen-bond donors (Lipinski definition) is 3. The zero-order chi connectivity index (χ0) is 24.2. The minimum Gasteiger partial charge on any atom is -0.339 e. The quantitative estimate of drug-likeness (QED) is 0.488. The lowest BCUT2D eigenvalue weighted by molar-refractivity contribution is 0.251. The smallest absolute Gasteiger partial charge is 0.319 e. The van der Waals surface area contributed by atoms with Gasteiger partial charge >= 0.3 is 6.03 Å². The number of nitrogens with one attached hydrogen (secondary N) is 3. The number of carbonyl (C=O) groups is 1. The predicted octanol–water partition coefficient (Wildman–Crippen LogP) is 3.83. The highest BCUT2D eigenvalue weighted by Crippen LogP contribution is 2.37. The van der Waals surface area contributed by atoms with Gasteiger partial charge in [0.15, 0.2) is 15.7 Å². The SMILES string of the molecule is O=C1NCc2ccc(Nc3nc(N4CC(c5ccc(Cl)cc5)C4)nc4c3S(=O)(=O)CCC4)cc2N1. The Kier molecular flexibility index (Phi) is 5.30. The monoisotopic (exact) mass is 510 g/mol. The van der Waals surface area contributed by atoms with Crippen molar-refractivity contribution in [2.75, 3.05) is 34.4 Å². The van der Waals surface area contributed by atoms with Crippen LogP contribution in [-0.4, -0.2) is 43.3 Å². The first-order chi connectivity index (χ1) is 16.9. The summed E-state index contributed by atoms with van der Waals surface area (Å²) in [6.45, 7) is 1.92. The number of hydrogen-bond acceptors (Lipinski definition) is 7. The molecule has 1 fully saturated rings. The molecule has 4 heterocycles. The third-order valence-electron chi connectivity index (χ3n) is 6.63. The average molecular weight is 511 g/mol. The predicted molar refractivity (Wildman–Crippen MR) is 134 cm³/mol. The Morgan fingerprint density at radius 2 is 1.89 bits per heavy atom. The number of aryl methyl sites for hydroxylation is 1. The van der Waals surface area contributed by atoms with E-state index in [2.05, 4.69) is 30.8 Å². The van der Waals surface area contributed by atoms with E-state index in [9.17, 15) is 13.2 Å². The summed E-state index contributed by atoms with van der Waals surface area (Å²) in [6, 6.07) is 13.1. The van der Waals surface area contributed by atoms with Crippen molar-refractivity contribution in [2.24, 2.45) is 0 Å². The van der Waals surface area contributed by atoms with Crippen LogP contribution in [0, 0.1) is 0 Å². The van der Waals surface area contributed by atoms with Crippen LogP contribution < -0.4 is 20.9 Å². The van der Waals surface area contributed by atoms with Crippen LogP contribution >= 0.6 is 11.6 Å². The van der Waals surface area contributed by atoms with Gasteiger partial charge < -0.3 is 20.9 Å². The van der Waals surface area contributed by atoms with Crippen molar-refractivity contribution in [1.82, 2.24) is 15.3 Å². The standard InChI is InChI=1S/C24H23ClN6O3S/c25-17-6-3-14(4-7-17)16-12-31(13-16)23-28-19-2-1-9-35(33,34)21(19)22(30-23)27-18-8-5-15-11-26-24(32)29-20(15)10-18/h3-8,10,16H,1-2,9,11-13H2,(H2,26,29,32)(H,27,28,30). The molecule has 3 aliphatic heterocycles. The van der Waals surface area contributed by atoms with Gasteiger partial charge in [0.1, 0.15) is 4.90 Å². The van der Waals surface area contributed by atoms with Crippen LogP contribution in [0.25, 0.3) is 0 Å². The Labute approximate surface area is 207 Å². The van der Waals surface area contributed by atoms with Crippen LogP contribution in [0.4, 0.5) is 27.9 Å². The van der Waals surface area contributed by atoms with E-state index >= 15 is 0 Å². The molecule has 0 radical (unpaired) electrons. The van der Waals surface area contributed by atoms with Crippen molar-refractivity contribution in [2.45, 2.75) is 30.2 Å².